The second-order valence-electron chi connectivity index (χ2n) is 5.84. The first kappa shape index (κ1) is 16.1. The molecule has 3 rings (SSSR count). The highest BCUT2D eigenvalue weighted by Gasteiger charge is 2.14. The molecule has 1 heterocycles. The van der Waals surface area contributed by atoms with Gasteiger partial charge >= 0.3 is 0 Å². The molecule has 124 valence electrons. The second kappa shape index (κ2) is 6.80. The summed E-state index contributed by atoms with van der Waals surface area (Å²) in [6.07, 6.45) is 0. The van der Waals surface area contributed by atoms with Crippen LogP contribution in [0.5, 0.6) is 0 Å². The van der Waals surface area contributed by atoms with Gasteiger partial charge < -0.3 is 10.2 Å². The van der Waals surface area contributed by atoms with E-state index in [9.17, 15) is 9.18 Å². The summed E-state index contributed by atoms with van der Waals surface area (Å²) in [4.78, 5) is 21.3. The maximum absolute atomic E-state index is 13.1. The van der Waals surface area contributed by atoms with Crippen molar-refractivity contribution in [3.8, 4) is 0 Å². The van der Waals surface area contributed by atoms with Gasteiger partial charge in [-0.3, -0.25) is 9.78 Å². The van der Waals surface area contributed by atoms with Gasteiger partial charge in [-0.15, -0.1) is 0 Å². The van der Waals surface area contributed by atoms with Crippen LogP contribution in [0.15, 0.2) is 53.3 Å². The minimum atomic E-state index is -0.259. The summed E-state index contributed by atoms with van der Waals surface area (Å²) < 4.78 is 13.1. The van der Waals surface area contributed by atoms with Crippen molar-refractivity contribution in [3.05, 3.63) is 70.3 Å². The molecular weight excluding hydrogens is 307 g/mol. The Morgan fingerprint density at radius 3 is 2.58 bits per heavy atom. The third kappa shape index (κ3) is 3.44. The Kier molecular flexibility index (Phi) is 4.57. The van der Waals surface area contributed by atoms with Crippen LogP contribution >= 0.6 is 0 Å². The molecule has 1 atom stereocenters. The van der Waals surface area contributed by atoms with Gasteiger partial charge in [0.15, 0.2) is 0 Å². The molecule has 0 saturated heterocycles. The smallest absolute Gasteiger partial charge is 0.260 e. The van der Waals surface area contributed by atoms with Crippen molar-refractivity contribution < 1.29 is 4.39 Å². The Labute approximate surface area is 139 Å². The van der Waals surface area contributed by atoms with Gasteiger partial charge in [-0.2, -0.15) is 0 Å². The second-order valence-corrected chi connectivity index (χ2v) is 5.84. The molecule has 0 aliphatic rings. The van der Waals surface area contributed by atoms with Crippen LogP contribution in [0.4, 0.5) is 10.3 Å². The third-order valence-electron chi connectivity index (χ3n) is 3.95. The fourth-order valence-corrected chi connectivity index (χ4v) is 2.65. The molecule has 3 aromatic rings. The highest BCUT2D eigenvalue weighted by Crippen LogP contribution is 2.19. The number of fused-ring (bicyclic) bond motifs is 1. The van der Waals surface area contributed by atoms with Crippen molar-refractivity contribution in [2.75, 3.05) is 26.0 Å². The number of likely N-dealkylation sites (N-methyl/N-ethyl adjacent to an activating group) is 1. The van der Waals surface area contributed by atoms with E-state index in [1.165, 1.54) is 12.1 Å². The average molecular weight is 326 g/mol. The average Bonchev–Trinajstić information content (AvgIpc) is 2.56. The molecule has 0 aliphatic heterocycles. The highest BCUT2D eigenvalue weighted by molar-refractivity contribution is 5.78. The molecule has 0 spiro atoms. The lowest BCUT2D eigenvalue weighted by Gasteiger charge is -2.25. The lowest BCUT2D eigenvalue weighted by molar-refractivity contribution is 0.311. The summed E-state index contributed by atoms with van der Waals surface area (Å²) in [5.41, 5.74) is 1.45. The normalized spacial score (nSPS) is 12.5. The van der Waals surface area contributed by atoms with Crippen LogP contribution in [0.1, 0.15) is 11.6 Å². The predicted molar refractivity (Wildman–Crippen MR) is 93.7 cm³/mol. The number of nitrogens with zero attached hydrogens (tertiary/aromatic N) is 2. The monoisotopic (exact) mass is 326 g/mol. The first-order valence-electron chi connectivity index (χ1n) is 7.69. The van der Waals surface area contributed by atoms with E-state index in [1.807, 2.05) is 31.1 Å². The number of benzene rings is 2. The number of halogens is 1. The number of H-pyrrole nitrogens is 1. The Morgan fingerprint density at radius 1 is 1.17 bits per heavy atom. The maximum atomic E-state index is 13.1. The Hall–Kier alpha value is -2.73. The molecule has 2 aromatic carbocycles. The number of para-hydroxylation sites is 1. The largest absolute Gasteiger partial charge is 0.354 e. The van der Waals surface area contributed by atoms with Crippen molar-refractivity contribution in [1.82, 2.24) is 14.9 Å². The number of rotatable bonds is 5. The van der Waals surface area contributed by atoms with Crippen LogP contribution < -0.4 is 10.9 Å². The molecule has 1 aromatic heterocycles. The van der Waals surface area contributed by atoms with Crippen LogP contribution in [-0.4, -0.2) is 35.5 Å². The standard InChI is InChI=1S/C18H19FN4O/c1-23(2)16(12-7-9-13(19)10-8-12)11-20-18-21-15-6-4-3-5-14(15)17(24)22-18/h3-10,16H,11H2,1-2H3,(H2,20,21,22,24). The summed E-state index contributed by atoms with van der Waals surface area (Å²) in [5, 5.41) is 3.73. The van der Waals surface area contributed by atoms with E-state index in [-0.39, 0.29) is 17.4 Å². The van der Waals surface area contributed by atoms with Gasteiger partial charge in [-0.1, -0.05) is 24.3 Å². The first-order valence-corrected chi connectivity index (χ1v) is 7.69. The number of hydrogen-bond donors (Lipinski definition) is 2. The van der Waals surface area contributed by atoms with E-state index in [0.29, 0.717) is 23.4 Å². The zero-order valence-corrected chi connectivity index (χ0v) is 13.6. The minimum absolute atomic E-state index is 0.0161. The first-order chi connectivity index (χ1) is 11.5. The van der Waals surface area contributed by atoms with E-state index in [4.69, 9.17) is 0 Å². The highest BCUT2D eigenvalue weighted by atomic mass is 19.1. The van der Waals surface area contributed by atoms with Crippen molar-refractivity contribution in [1.29, 1.82) is 0 Å². The molecule has 0 saturated carbocycles. The Morgan fingerprint density at radius 2 is 1.88 bits per heavy atom. The van der Waals surface area contributed by atoms with Crippen molar-refractivity contribution in [3.63, 3.8) is 0 Å². The van der Waals surface area contributed by atoms with Gasteiger partial charge in [-0.25, -0.2) is 9.37 Å². The SMILES string of the molecule is CN(C)C(CNc1nc2ccccc2c(=O)[nH]1)c1ccc(F)cc1. The van der Waals surface area contributed by atoms with Crippen LogP contribution in [-0.2, 0) is 0 Å². The van der Waals surface area contributed by atoms with Crippen molar-refractivity contribution in [2.24, 2.45) is 0 Å². The fraction of sp³-hybridized carbons (Fsp3) is 0.222. The summed E-state index contributed by atoms with van der Waals surface area (Å²) in [6.45, 7) is 0.528. The van der Waals surface area contributed by atoms with E-state index in [0.717, 1.165) is 5.56 Å². The third-order valence-corrected chi connectivity index (χ3v) is 3.95. The number of nitrogens with one attached hydrogen (secondary N) is 2. The van der Waals surface area contributed by atoms with Gasteiger partial charge in [0.2, 0.25) is 5.95 Å². The maximum Gasteiger partial charge on any atom is 0.260 e. The number of hydrogen-bond acceptors (Lipinski definition) is 4. The van der Waals surface area contributed by atoms with Gasteiger partial charge in [-0.05, 0) is 43.9 Å². The van der Waals surface area contributed by atoms with Gasteiger partial charge in [0.25, 0.3) is 5.56 Å². The van der Waals surface area contributed by atoms with E-state index >= 15 is 0 Å². The quantitative estimate of drug-likeness (QED) is 0.757. The van der Waals surface area contributed by atoms with E-state index in [1.54, 1.807) is 24.3 Å². The minimum Gasteiger partial charge on any atom is -0.354 e. The Bertz CT molecular complexity index is 889. The summed E-state index contributed by atoms with van der Waals surface area (Å²) in [7, 11) is 3.90. The number of aromatic nitrogens is 2. The topological polar surface area (TPSA) is 61.0 Å². The molecule has 0 amide bonds. The molecule has 1 unspecified atom stereocenters. The lowest BCUT2D eigenvalue weighted by atomic mass is 10.1. The van der Waals surface area contributed by atoms with Crippen LogP contribution in [0.25, 0.3) is 10.9 Å². The number of anilines is 1. The van der Waals surface area contributed by atoms with Crippen molar-refractivity contribution in [2.45, 2.75) is 6.04 Å². The molecule has 6 heteroatoms. The zero-order valence-electron chi connectivity index (χ0n) is 13.6. The summed E-state index contributed by atoms with van der Waals surface area (Å²) in [6, 6.07) is 13.6. The van der Waals surface area contributed by atoms with Crippen LogP contribution in [0.3, 0.4) is 0 Å². The fourth-order valence-electron chi connectivity index (χ4n) is 2.65. The molecule has 0 bridgehead atoms. The predicted octanol–water partition coefficient (Wildman–Crippen LogP) is 2.78. The molecule has 2 N–H and O–H groups in total. The van der Waals surface area contributed by atoms with Gasteiger partial charge in [0.1, 0.15) is 5.82 Å². The molecule has 24 heavy (non-hydrogen) atoms. The van der Waals surface area contributed by atoms with Gasteiger partial charge in [0, 0.05) is 6.54 Å². The lowest BCUT2D eigenvalue weighted by Crippen LogP contribution is -2.28. The van der Waals surface area contributed by atoms with E-state index < -0.39 is 0 Å². The molecular formula is C18H19FN4O. The molecule has 0 aliphatic carbocycles. The molecule has 0 fully saturated rings. The van der Waals surface area contributed by atoms with Crippen molar-refractivity contribution >= 4 is 16.9 Å². The summed E-state index contributed by atoms with van der Waals surface area (Å²) >= 11 is 0. The molecule has 5 nitrogen and oxygen atoms in total. The summed E-state index contributed by atoms with van der Waals surface area (Å²) in [5.74, 6) is 0.164. The zero-order chi connectivity index (χ0) is 17.1. The number of aromatic amines is 1. The molecule has 0 radical (unpaired) electrons. The van der Waals surface area contributed by atoms with Gasteiger partial charge in [0.05, 0.1) is 16.9 Å². The van der Waals surface area contributed by atoms with Crippen LogP contribution in [0, 0.1) is 5.82 Å². The van der Waals surface area contributed by atoms with E-state index in [2.05, 4.69) is 15.3 Å². The van der Waals surface area contributed by atoms with Crippen LogP contribution in [0.2, 0.25) is 0 Å². The Balaban J connectivity index is 1.82.